The molecule has 10 nitrogen and oxygen atoms in total. The zero-order valence-corrected chi connectivity index (χ0v) is 18.9. The van der Waals surface area contributed by atoms with E-state index in [2.05, 4.69) is 30.0 Å². The summed E-state index contributed by atoms with van der Waals surface area (Å²) >= 11 is 5.90. The maximum absolute atomic E-state index is 14.5. The van der Waals surface area contributed by atoms with E-state index in [4.69, 9.17) is 22.1 Å². The maximum atomic E-state index is 14.5. The van der Waals surface area contributed by atoms with Crippen LogP contribution in [-0.4, -0.2) is 42.5 Å². The van der Waals surface area contributed by atoms with E-state index in [9.17, 15) is 12.8 Å². The number of hydrogen-bond donors (Lipinski definition) is 3. The highest BCUT2D eigenvalue weighted by Crippen LogP contribution is 2.33. The van der Waals surface area contributed by atoms with Crippen molar-refractivity contribution in [3.8, 4) is 17.0 Å². The van der Waals surface area contributed by atoms with Crippen LogP contribution in [-0.2, 0) is 10.0 Å². The predicted molar refractivity (Wildman–Crippen MR) is 123 cm³/mol. The van der Waals surface area contributed by atoms with Crippen molar-refractivity contribution < 1.29 is 17.5 Å². The molecule has 0 unspecified atom stereocenters. The summed E-state index contributed by atoms with van der Waals surface area (Å²) in [6, 6.07) is 6.65. The highest BCUT2D eigenvalue weighted by molar-refractivity contribution is 7.92. The number of benzene rings is 1. The first-order chi connectivity index (χ1) is 15.7. The number of halogens is 2. The molecule has 0 saturated heterocycles. The summed E-state index contributed by atoms with van der Waals surface area (Å²) in [5, 5.41) is 3.59. The van der Waals surface area contributed by atoms with Gasteiger partial charge in [0.25, 0.3) is 10.0 Å². The Morgan fingerprint density at radius 3 is 2.61 bits per heavy atom. The molecule has 0 aliphatic heterocycles. The first-order valence-corrected chi connectivity index (χ1v) is 11.2. The molecular formula is C20H17ClFN7O3S. The van der Waals surface area contributed by atoms with Crippen molar-refractivity contribution in [2.75, 3.05) is 29.9 Å². The summed E-state index contributed by atoms with van der Waals surface area (Å²) in [7, 11) is -1.28. The molecule has 0 saturated carbocycles. The molecule has 4 rings (SSSR count). The molecule has 0 spiro atoms. The number of sulfonamides is 1. The van der Waals surface area contributed by atoms with Crippen molar-refractivity contribution in [3.05, 3.63) is 53.6 Å². The molecule has 3 heterocycles. The van der Waals surface area contributed by atoms with Crippen LogP contribution in [0.4, 0.5) is 21.8 Å². The van der Waals surface area contributed by atoms with E-state index in [1.54, 1.807) is 13.1 Å². The Bertz CT molecular complexity index is 1480. The zero-order chi connectivity index (χ0) is 23.8. The molecule has 0 amide bonds. The van der Waals surface area contributed by atoms with Gasteiger partial charge in [-0.25, -0.2) is 27.8 Å². The number of nitrogens with two attached hydrogens (primary N) is 1. The van der Waals surface area contributed by atoms with Gasteiger partial charge in [-0.1, -0.05) is 11.6 Å². The van der Waals surface area contributed by atoms with Crippen LogP contribution in [0.1, 0.15) is 0 Å². The van der Waals surface area contributed by atoms with Crippen LogP contribution in [0.25, 0.3) is 22.2 Å². The molecule has 13 heteroatoms. The van der Waals surface area contributed by atoms with Crippen LogP contribution < -0.4 is 20.5 Å². The minimum absolute atomic E-state index is 0.0252. The van der Waals surface area contributed by atoms with E-state index in [0.717, 1.165) is 6.07 Å². The van der Waals surface area contributed by atoms with Gasteiger partial charge in [-0.3, -0.25) is 4.72 Å². The number of hydrogen-bond acceptors (Lipinski definition) is 9. The number of pyridine rings is 2. The van der Waals surface area contributed by atoms with Crippen LogP contribution in [0.5, 0.6) is 5.88 Å². The number of methoxy groups -OCH3 is 1. The fourth-order valence-corrected chi connectivity index (χ4v) is 4.56. The van der Waals surface area contributed by atoms with E-state index in [-0.39, 0.29) is 27.4 Å². The molecule has 1 aromatic carbocycles. The Morgan fingerprint density at radius 1 is 1.09 bits per heavy atom. The first kappa shape index (κ1) is 22.4. The Morgan fingerprint density at radius 2 is 1.88 bits per heavy atom. The molecule has 170 valence electrons. The third-order valence-corrected chi connectivity index (χ3v) is 6.14. The smallest absolute Gasteiger partial charge is 0.267 e. The highest BCUT2D eigenvalue weighted by atomic mass is 35.5. The summed E-state index contributed by atoms with van der Waals surface area (Å²) in [5.41, 5.74) is 6.81. The second-order valence-corrected chi connectivity index (χ2v) is 8.86. The minimum Gasteiger partial charge on any atom is -0.480 e. The number of fused-ring (bicyclic) bond motifs is 1. The van der Waals surface area contributed by atoms with Crippen molar-refractivity contribution in [2.24, 2.45) is 0 Å². The largest absolute Gasteiger partial charge is 0.480 e. The van der Waals surface area contributed by atoms with E-state index in [1.807, 2.05) is 0 Å². The second kappa shape index (κ2) is 8.64. The van der Waals surface area contributed by atoms with E-state index in [1.165, 1.54) is 37.7 Å². The van der Waals surface area contributed by atoms with Gasteiger partial charge in [-0.2, -0.15) is 4.98 Å². The summed E-state index contributed by atoms with van der Waals surface area (Å²) in [5.74, 6) is -0.366. The van der Waals surface area contributed by atoms with Crippen molar-refractivity contribution in [2.45, 2.75) is 4.90 Å². The van der Waals surface area contributed by atoms with E-state index in [0.29, 0.717) is 28.0 Å². The Hall–Kier alpha value is -3.77. The normalized spacial score (nSPS) is 11.4. The average molecular weight is 490 g/mol. The standard InChI is InChI=1S/C20H17ClFN7O3S/c1-24-18-15(5-11-8-26-20(23)28-17(11)27-18)10-3-13(22)7-14(4-10)29-33(30,31)16-6-12(21)9-25-19(16)32-2/h3-9,29H,1-2H3,(H3,23,24,26,27,28). The molecule has 0 aliphatic carbocycles. The highest BCUT2D eigenvalue weighted by Gasteiger charge is 2.22. The van der Waals surface area contributed by atoms with Crippen molar-refractivity contribution in [1.29, 1.82) is 0 Å². The van der Waals surface area contributed by atoms with Crippen molar-refractivity contribution in [3.63, 3.8) is 0 Å². The number of nitrogen functional groups attached to an aromatic ring is 1. The van der Waals surface area contributed by atoms with Crippen LogP contribution in [0.2, 0.25) is 5.02 Å². The summed E-state index contributed by atoms with van der Waals surface area (Å²) in [6.45, 7) is 0. The predicted octanol–water partition coefficient (Wildman–Crippen LogP) is 3.31. The molecule has 0 radical (unpaired) electrons. The van der Waals surface area contributed by atoms with Crippen LogP contribution in [0.3, 0.4) is 0 Å². The number of anilines is 3. The number of ether oxygens (including phenoxy) is 1. The molecule has 0 bridgehead atoms. The third kappa shape index (κ3) is 4.56. The van der Waals surface area contributed by atoms with Crippen LogP contribution in [0, 0.1) is 5.82 Å². The molecule has 0 aliphatic rings. The fourth-order valence-electron chi connectivity index (χ4n) is 3.16. The molecule has 0 fully saturated rings. The maximum Gasteiger partial charge on any atom is 0.267 e. The Labute approximate surface area is 193 Å². The lowest BCUT2D eigenvalue weighted by atomic mass is 10.0. The van der Waals surface area contributed by atoms with Gasteiger partial charge in [0, 0.05) is 30.4 Å². The Balaban J connectivity index is 1.80. The van der Waals surface area contributed by atoms with Crippen LogP contribution in [0.15, 0.2) is 47.6 Å². The molecule has 4 N–H and O–H groups in total. The minimum atomic E-state index is -4.20. The second-order valence-electron chi connectivity index (χ2n) is 6.77. The lowest BCUT2D eigenvalue weighted by Crippen LogP contribution is -2.15. The number of nitrogens with one attached hydrogen (secondary N) is 2. The summed E-state index contributed by atoms with van der Waals surface area (Å²) in [4.78, 5) is 16.0. The van der Waals surface area contributed by atoms with Gasteiger partial charge in [0.2, 0.25) is 11.8 Å². The van der Waals surface area contributed by atoms with Crippen molar-refractivity contribution >= 4 is 50.1 Å². The van der Waals surface area contributed by atoms with E-state index >= 15 is 0 Å². The molecule has 0 atom stereocenters. The van der Waals surface area contributed by atoms with E-state index < -0.39 is 15.8 Å². The lowest BCUT2D eigenvalue weighted by Gasteiger charge is -2.14. The van der Waals surface area contributed by atoms with Gasteiger partial charge < -0.3 is 15.8 Å². The third-order valence-electron chi connectivity index (χ3n) is 4.55. The fraction of sp³-hybridized carbons (Fsp3) is 0.100. The Kier molecular flexibility index (Phi) is 5.87. The molecule has 33 heavy (non-hydrogen) atoms. The summed E-state index contributed by atoms with van der Waals surface area (Å²) in [6.07, 6.45) is 2.75. The quantitative estimate of drug-likeness (QED) is 0.371. The number of nitrogens with zero attached hydrogens (tertiary/aromatic N) is 4. The van der Waals surface area contributed by atoms with Crippen LogP contribution >= 0.6 is 11.6 Å². The zero-order valence-electron chi connectivity index (χ0n) is 17.3. The van der Waals surface area contributed by atoms with Gasteiger partial charge in [0.05, 0.1) is 17.8 Å². The first-order valence-electron chi connectivity index (χ1n) is 9.34. The number of rotatable bonds is 6. The van der Waals surface area contributed by atoms with Gasteiger partial charge in [-0.05, 0) is 35.9 Å². The monoisotopic (exact) mass is 489 g/mol. The molecule has 3 aromatic heterocycles. The number of aromatic nitrogens is 4. The van der Waals surface area contributed by atoms with Gasteiger partial charge >= 0.3 is 0 Å². The average Bonchev–Trinajstić information content (AvgIpc) is 2.77. The van der Waals surface area contributed by atoms with Crippen molar-refractivity contribution in [1.82, 2.24) is 19.9 Å². The molecular weight excluding hydrogens is 473 g/mol. The van der Waals surface area contributed by atoms with Gasteiger partial charge in [0.1, 0.15) is 11.6 Å². The molecule has 4 aromatic rings. The lowest BCUT2D eigenvalue weighted by molar-refractivity contribution is 0.385. The summed E-state index contributed by atoms with van der Waals surface area (Å²) < 4.78 is 47.8. The van der Waals surface area contributed by atoms with Gasteiger partial charge in [-0.15, -0.1) is 0 Å². The SMILES string of the molecule is CNc1nc2nc(N)ncc2cc1-c1cc(F)cc(NS(=O)(=O)c2cc(Cl)cnc2OC)c1. The van der Waals surface area contributed by atoms with Gasteiger partial charge in [0.15, 0.2) is 10.5 Å². The topological polar surface area (TPSA) is 145 Å².